The lowest BCUT2D eigenvalue weighted by Crippen LogP contribution is -2.52. The number of halogens is 1. The molecule has 1 atom stereocenters. The highest BCUT2D eigenvalue weighted by Gasteiger charge is 2.61. The van der Waals surface area contributed by atoms with Gasteiger partial charge in [-0.2, -0.15) is 5.26 Å². The zero-order valence-corrected chi connectivity index (χ0v) is 17.5. The van der Waals surface area contributed by atoms with E-state index in [0.29, 0.717) is 52.6 Å². The van der Waals surface area contributed by atoms with E-state index in [2.05, 4.69) is 11.1 Å². The van der Waals surface area contributed by atoms with Crippen molar-refractivity contribution in [3.05, 3.63) is 75.8 Å². The molecule has 0 bridgehead atoms. The van der Waals surface area contributed by atoms with Crippen molar-refractivity contribution >= 4 is 34.8 Å². The van der Waals surface area contributed by atoms with Gasteiger partial charge in [-0.1, -0.05) is 29.8 Å². The molecule has 1 aromatic heterocycles. The molecule has 31 heavy (non-hydrogen) atoms. The standard InChI is InChI=1S/C23H18ClN5O2/c1-28-16-6-3-2-5-14(16)23(22(28)31)15(11-25)21(26)29(19-10-9-13(24)12-27-19)17-7-4-8-18(30)20(17)23/h2-3,5-6,9-10,12H,4,7-8,26H2,1H3/t23-/m0/s1. The topological polar surface area (TPSA) is 103 Å². The van der Waals surface area contributed by atoms with E-state index >= 15 is 0 Å². The maximum absolute atomic E-state index is 13.8. The van der Waals surface area contributed by atoms with E-state index in [1.165, 1.54) is 11.1 Å². The lowest BCUT2D eigenvalue weighted by atomic mass is 9.64. The van der Waals surface area contributed by atoms with Crippen LogP contribution in [0, 0.1) is 11.3 Å². The van der Waals surface area contributed by atoms with Gasteiger partial charge in [0.25, 0.3) is 0 Å². The van der Waals surface area contributed by atoms with Crippen LogP contribution in [0.1, 0.15) is 24.8 Å². The Labute approximate surface area is 184 Å². The van der Waals surface area contributed by atoms with Crippen molar-refractivity contribution in [3.63, 3.8) is 0 Å². The number of carbonyl (C=O) groups is 2. The number of aromatic nitrogens is 1. The molecule has 1 spiro atoms. The minimum Gasteiger partial charge on any atom is -0.384 e. The van der Waals surface area contributed by atoms with Crippen LogP contribution in [0.15, 0.2) is 65.3 Å². The highest BCUT2D eigenvalue weighted by Crippen LogP contribution is 2.56. The quantitative estimate of drug-likeness (QED) is 0.743. The molecule has 3 aliphatic rings. The molecular formula is C23H18ClN5O2. The highest BCUT2D eigenvalue weighted by molar-refractivity contribution is 6.30. The molecule has 1 aromatic carbocycles. The number of carbonyl (C=O) groups excluding carboxylic acids is 2. The van der Waals surface area contributed by atoms with Crippen molar-refractivity contribution in [1.82, 2.24) is 4.98 Å². The number of Topliss-reactive ketones (excluding diaryl/α,β-unsaturated/α-hetero) is 1. The highest BCUT2D eigenvalue weighted by atomic mass is 35.5. The second-order valence-electron chi connectivity index (χ2n) is 7.77. The van der Waals surface area contributed by atoms with Gasteiger partial charge in [-0.25, -0.2) is 4.98 Å². The number of nitriles is 1. The molecule has 3 heterocycles. The van der Waals surface area contributed by atoms with Gasteiger partial charge in [0.1, 0.15) is 23.1 Å². The molecule has 7 nitrogen and oxygen atoms in total. The first-order chi connectivity index (χ1) is 14.9. The molecule has 0 saturated carbocycles. The maximum atomic E-state index is 13.8. The molecule has 8 heteroatoms. The molecule has 2 aromatic rings. The van der Waals surface area contributed by atoms with Crippen LogP contribution in [0.4, 0.5) is 11.5 Å². The summed E-state index contributed by atoms with van der Waals surface area (Å²) in [7, 11) is 1.65. The fraction of sp³-hybridized carbons (Fsp3) is 0.217. The zero-order chi connectivity index (χ0) is 21.9. The lowest BCUT2D eigenvalue weighted by Gasteiger charge is -2.43. The lowest BCUT2D eigenvalue weighted by molar-refractivity contribution is -0.124. The third kappa shape index (κ3) is 2.37. The smallest absolute Gasteiger partial charge is 0.247 e. The van der Waals surface area contributed by atoms with E-state index in [-0.39, 0.29) is 23.1 Å². The number of hydrogen-bond donors (Lipinski definition) is 1. The van der Waals surface area contributed by atoms with Crippen LogP contribution in [-0.4, -0.2) is 23.7 Å². The molecule has 0 saturated heterocycles. The number of pyridine rings is 1. The molecule has 0 fully saturated rings. The van der Waals surface area contributed by atoms with Gasteiger partial charge in [0.15, 0.2) is 5.78 Å². The summed E-state index contributed by atoms with van der Waals surface area (Å²) in [5.41, 5.74) is 7.27. The number of likely N-dealkylation sites (N-methyl/N-ethyl adjacent to an activating group) is 1. The van der Waals surface area contributed by atoms with E-state index in [1.807, 2.05) is 12.1 Å². The van der Waals surface area contributed by atoms with Crippen LogP contribution in [0.2, 0.25) is 5.02 Å². The number of benzene rings is 1. The molecule has 1 aliphatic carbocycles. The van der Waals surface area contributed by atoms with Gasteiger partial charge < -0.3 is 10.6 Å². The summed E-state index contributed by atoms with van der Waals surface area (Å²) >= 11 is 6.00. The summed E-state index contributed by atoms with van der Waals surface area (Å²) in [5, 5.41) is 10.7. The minimum atomic E-state index is -1.54. The largest absolute Gasteiger partial charge is 0.384 e. The summed E-state index contributed by atoms with van der Waals surface area (Å²) in [4.78, 5) is 34.7. The Kier molecular flexibility index (Phi) is 4.17. The van der Waals surface area contributed by atoms with Crippen LogP contribution >= 0.6 is 11.6 Å². The minimum absolute atomic E-state index is 0.0417. The Bertz CT molecular complexity index is 1260. The van der Waals surface area contributed by atoms with Crippen LogP contribution in [0.5, 0.6) is 0 Å². The Morgan fingerprint density at radius 3 is 2.68 bits per heavy atom. The van der Waals surface area contributed by atoms with Gasteiger partial charge in [-0.05, 0) is 31.0 Å². The summed E-state index contributed by atoms with van der Waals surface area (Å²) in [6.45, 7) is 0. The van der Waals surface area contributed by atoms with Crippen molar-refractivity contribution < 1.29 is 9.59 Å². The van der Waals surface area contributed by atoms with E-state index in [1.54, 1.807) is 36.2 Å². The van der Waals surface area contributed by atoms with Gasteiger partial charge in [0.05, 0.1) is 10.6 Å². The fourth-order valence-corrected chi connectivity index (χ4v) is 5.11. The van der Waals surface area contributed by atoms with Crippen LogP contribution < -0.4 is 15.5 Å². The first-order valence-corrected chi connectivity index (χ1v) is 10.3. The molecule has 2 aliphatic heterocycles. The maximum Gasteiger partial charge on any atom is 0.247 e. The predicted octanol–water partition coefficient (Wildman–Crippen LogP) is 3.17. The van der Waals surface area contributed by atoms with Crippen molar-refractivity contribution in [1.29, 1.82) is 5.26 Å². The predicted molar refractivity (Wildman–Crippen MR) is 116 cm³/mol. The Morgan fingerprint density at radius 2 is 1.97 bits per heavy atom. The SMILES string of the molecule is CN1C(=O)[C@]2(C(C#N)=C(N)N(c3ccc(Cl)cn3)C3=C2C(=O)CCC3)c2ccccc21. The van der Waals surface area contributed by atoms with Gasteiger partial charge in [-0.15, -0.1) is 0 Å². The first kappa shape index (κ1) is 19.3. The number of anilines is 2. The van der Waals surface area contributed by atoms with Crippen LogP contribution in [-0.2, 0) is 15.0 Å². The van der Waals surface area contributed by atoms with Crippen LogP contribution in [0.3, 0.4) is 0 Å². The number of para-hydroxylation sites is 1. The average Bonchev–Trinajstić information content (AvgIpc) is 2.98. The number of nitrogens with two attached hydrogens (primary N) is 1. The molecule has 0 unspecified atom stereocenters. The second kappa shape index (κ2) is 6.69. The molecule has 0 radical (unpaired) electrons. The van der Waals surface area contributed by atoms with Crippen LogP contribution in [0.25, 0.3) is 0 Å². The Balaban J connectivity index is 1.89. The number of nitrogens with zero attached hydrogens (tertiary/aromatic N) is 4. The van der Waals surface area contributed by atoms with E-state index in [0.717, 1.165) is 0 Å². The van der Waals surface area contributed by atoms with E-state index in [9.17, 15) is 14.9 Å². The number of rotatable bonds is 1. The fourth-order valence-electron chi connectivity index (χ4n) is 5.00. The number of amides is 1. The van der Waals surface area contributed by atoms with Gasteiger partial charge in [0.2, 0.25) is 5.91 Å². The first-order valence-electron chi connectivity index (χ1n) is 9.89. The van der Waals surface area contributed by atoms with Crippen molar-refractivity contribution in [2.45, 2.75) is 24.7 Å². The monoisotopic (exact) mass is 431 g/mol. The number of fused-ring (bicyclic) bond motifs is 3. The third-order valence-corrected chi connectivity index (χ3v) is 6.47. The Morgan fingerprint density at radius 1 is 1.19 bits per heavy atom. The number of allylic oxidation sites excluding steroid dienone is 1. The van der Waals surface area contributed by atoms with Gasteiger partial charge >= 0.3 is 0 Å². The van der Waals surface area contributed by atoms with Gasteiger partial charge in [0, 0.05) is 42.2 Å². The number of ketones is 1. The normalized spacial score (nSPS) is 22.7. The second-order valence-corrected chi connectivity index (χ2v) is 8.21. The summed E-state index contributed by atoms with van der Waals surface area (Å²) < 4.78 is 0. The third-order valence-electron chi connectivity index (χ3n) is 6.25. The van der Waals surface area contributed by atoms with Crippen molar-refractivity contribution in [2.24, 2.45) is 5.73 Å². The molecule has 5 rings (SSSR count). The van der Waals surface area contributed by atoms with Gasteiger partial charge in [-0.3, -0.25) is 14.5 Å². The summed E-state index contributed by atoms with van der Waals surface area (Å²) in [6.07, 6.45) is 2.94. The molecule has 2 N–H and O–H groups in total. The summed E-state index contributed by atoms with van der Waals surface area (Å²) in [5.74, 6) is 0.0431. The number of hydrogen-bond acceptors (Lipinski definition) is 6. The van der Waals surface area contributed by atoms with Crippen molar-refractivity contribution in [3.8, 4) is 6.07 Å². The van der Waals surface area contributed by atoms with E-state index in [4.69, 9.17) is 17.3 Å². The zero-order valence-electron chi connectivity index (χ0n) is 16.7. The van der Waals surface area contributed by atoms with E-state index < -0.39 is 5.41 Å². The Hall–Kier alpha value is -3.63. The van der Waals surface area contributed by atoms with Crippen molar-refractivity contribution in [2.75, 3.05) is 16.8 Å². The molecular weight excluding hydrogens is 414 g/mol. The summed E-state index contributed by atoms with van der Waals surface area (Å²) in [6, 6.07) is 12.8. The molecule has 1 amide bonds. The average molecular weight is 432 g/mol. The molecule has 154 valence electrons.